The summed E-state index contributed by atoms with van der Waals surface area (Å²) in [5.74, 6) is 2.51. The van der Waals surface area contributed by atoms with Gasteiger partial charge in [-0.3, -0.25) is 0 Å². The van der Waals surface area contributed by atoms with Crippen LogP contribution in [0.3, 0.4) is 0 Å². The van der Waals surface area contributed by atoms with E-state index in [0.29, 0.717) is 0 Å². The quantitative estimate of drug-likeness (QED) is 0.0946. The molecule has 0 N–H and O–H groups in total. The predicted octanol–water partition coefficient (Wildman–Crippen LogP) is 26.2. The lowest BCUT2D eigenvalue weighted by Crippen LogP contribution is -1.95. The molecule has 89 heavy (non-hydrogen) atoms. The standard InChI is InChI=1S/C28H26.C22H24.C21H20.C8H10.C7H10.C2H6.CH4/c1-4-12-25-23(5-2)24-18-17-20(3)19-26(24)28(25)27(21-13-8-6-9-14-21)22-15-10-7-11-16-22;1-6-8-21(17(4)7-2)22-15-20(14-11-18(22)5)19-12-9-16(3)10-13-19;1-15-8-11-18(12-9-15)19-13-10-17(3)21(14-19)20-7-5-4-6-16(20)2;1-4-6-7-8(3)5-2;1-7-5-3-2-4-6-7;1-2;/h5-19H,4H2,1-3H3;6-15H,2H2,1,3-5H3;4-14H,1-3H3;2,4,6-7H,1,3H3;2-3,5H,4,6H2,1H3;1-2H3;1H4/b23-5-,25-12+;8-6-,21-17+;;6-4-,8-7-;;;. The monoisotopic (exact) mass is 1170 g/mol. The van der Waals surface area contributed by atoms with Gasteiger partial charge >= 0.3 is 0 Å². The Morgan fingerprint density at radius 1 is 0.539 bits per heavy atom. The molecular weight excluding hydrogens is 1070 g/mol. The smallest absolute Gasteiger partial charge is 0.00136 e. The molecule has 8 aromatic rings. The molecule has 2 aliphatic rings. The molecule has 2 aliphatic carbocycles. The molecule has 0 spiro atoms. The van der Waals surface area contributed by atoms with Gasteiger partial charge in [-0.2, -0.15) is 0 Å². The number of rotatable bonds is 10. The van der Waals surface area contributed by atoms with Crippen molar-refractivity contribution in [3.8, 4) is 45.7 Å². The van der Waals surface area contributed by atoms with Gasteiger partial charge in [-0.25, -0.2) is 0 Å². The van der Waals surface area contributed by atoms with Gasteiger partial charge in [0.05, 0.1) is 0 Å². The molecular formula is C89H100. The van der Waals surface area contributed by atoms with Gasteiger partial charge in [0.25, 0.3) is 0 Å². The second-order valence-electron chi connectivity index (χ2n) is 22.2. The summed E-state index contributed by atoms with van der Waals surface area (Å²) >= 11 is 0. The molecule has 0 saturated heterocycles. The largest absolute Gasteiger partial charge is 0.115 e. The van der Waals surface area contributed by atoms with Crippen molar-refractivity contribution in [1.82, 2.24) is 0 Å². The minimum absolute atomic E-state index is 0. The molecule has 8 aromatic carbocycles. The van der Waals surface area contributed by atoms with Crippen LogP contribution in [0.2, 0.25) is 0 Å². The van der Waals surface area contributed by atoms with Crippen molar-refractivity contribution in [3.05, 3.63) is 345 Å². The van der Waals surface area contributed by atoms with Gasteiger partial charge < -0.3 is 0 Å². The molecule has 0 amide bonds. The molecule has 0 bridgehead atoms. The molecule has 0 nitrogen and oxygen atoms in total. The van der Waals surface area contributed by atoms with Gasteiger partial charge in [0.15, 0.2) is 0 Å². The van der Waals surface area contributed by atoms with E-state index in [4.69, 9.17) is 6.42 Å². The first-order chi connectivity index (χ1) is 42.7. The van der Waals surface area contributed by atoms with Crippen molar-refractivity contribution < 1.29 is 0 Å². The Hall–Kier alpha value is -9.28. The summed E-state index contributed by atoms with van der Waals surface area (Å²) < 4.78 is 0. The first kappa shape index (κ1) is 72.2. The summed E-state index contributed by atoms with van der Waals surface area (Å²) in [4.78, 5) is 0. The fourth-order valence-corrected chi connectivity index (χ4v) is 10.5. The lowest BCUT2D eigenvalue weighted by molar-refractivity contribution is 0.962. The molecule has 0 heterocycles. The fourth-order valence-electron chi connectivity index (χ4n) is 10.5. The van der Waals surface area contributed by atoms with Crippen molar-refractivity contribution in [2.75, 3.05) is 0 Å². The maximum atomic E-state index is 5.06. The molecule has 0 unspecified atom stereocenters. The van der Waals surface area contributed by atoms with Gasteiger partial charge in [-0.05, 0) is 231 Å². The maximum absolute atomic E-state index is 5.06. The van der Waals surface area contributed by atoms with E-state index in [1.807, 2.05) is 52.0 Å². The maximum Gasteiger partial charge on any atom is -0.00136 e. The van der Waals surface area contributed by atoms with Gasteiger partial charge in [-0.1, -0.05) is 306 Å². The zero-order valence-corrected chi connectivity index (χ0v) is 55.7. The zero-order valence-electron chi connectivity index (χ0n) is 55.7. The Kier molecular flexibility index (Phi) is 30.9. The third kappa shape index (κ3) is 20.9. The number of fused-ring (bicyclic) bond motifs is 1. The Balaban J connectivity index is 0.000000253. The van der Waals surface area contributed by atoms with Crippen LogP contribution in [0.25, 0.3) is 55.7 Å². The van der Waals surface area contributed by atoms with Crippen LogP contribution in [-0.2, 0) is 0 Å². The summed E-state index contributed by atoms with van der Waals surface area (Å²) in [6.07, 6.45) is 31.7. The number of terminal acetylenes is 1. The van der Waals surface area contributed by atoms with E-state index in [1.165, 1.54) is 146 Å². The first-order valence-electron chi connectivity index (χ1n) is 31.5. The number of hydrogen-bond acceptors (Lipinski definition) is 0. The van der Waals surface area contributed by atoms with Crippen LogP contribution in [0.5, 0.6) is 0 Å². The summed E-state index contributed by atoms with van der Waals surface area (Å²) in [5.41, 5.74) is 32.2. The Morgan fingerprint density at radius 3 is 1.55 bits per heavy atom. The number of hydrogen-bond donors (Lipinski definition) is 0. The molecule has 10 rings (SSSR count). The van der Waals surface area contributed by atoms with Gasteiger partial charge in [0.2, 0.25) is 0 Å². The molecule has 0 aliphatic heterocycles. The summed E-state index contributed by atoms with van der Waals surface area (Å²) in [7, 11) is 0. The summed E-state index contributed by atoms with van der Waals surface area (Å²) in [5, 5.41) is 0. The molecule has 0 radical (unpaired) electrons. The van der Waals surface area contributed by atoms with E-state index in [1.54, 1.807) is 0 Å². The highest BCUT2D eigenvalue weighted by atomic mass is 14.3. The van der Waals surface area contributed by atoms with Crippen LogP contribution in [0, 0.1) is 53.9 Å². The highest BCUT2D eigenvalue weighted by molar-refractivity contribution is 6.17. The minimum atomic E-state index is 0. The van der Waals surface area contributed by atoms with Crippen molar-refractivity contribution in [2.45, 2.75) is 131 Å². The van der Waals surface area contributed by atoms with Crippen LogP contribution in [0.4, 0.5) is 0 Å². The van der Waals surface area contributed by atoms with E-state index >= 15 is 0 Å². The van der Waals surface area contributed by atoms with E-state index in [0.717, 1.165) is 12.0 Å². The molecule has 0 saturated carbocycles. The lowest BCUT2D eigenvalue weighted by Gasteiger charge is -2.16. The average Bonchev–Trinajstić information content (AvgIpc) is 1.66. The first-order valence-corrected chi connectivity index (χ1v) is 31.5. The second kappa shape index (κ2) is 38.1. The molecule has 0 fully saturated rings. The van der Waals surface area contributed by atoms with E-state index < -0.39 is 0 Å². The van der Waals surface area contributed by atoms with Crippen LogP contribution < -0.4 is 0 Å². The van der Waals surface area contributed by atoms with Crippen LogP contribution in [0.1, 0.15) is 150 Å². The average molecular weight is 1170 g/mol. The SMILES string of the molecule is C.C#C/C(C)=C\C=C/C.C/C=C1\C(=C/CC)C(=C(c2ccccc2)c2ccccc2)c2cc(C)ccc21.C=C/C(C)=C(\C=C/C)c1cc(-c2ccc(C)cc2)ccc1C.CC.CC1=CC=CCC1.Cc1ccc(-c2ccc(C)c(-c3ccccc3C)c2)cc1. The summed E-state index contributed by atoms with van der Waals surface area (Å²) in [6.45, 7) is 35.4. The number of aryl methyl sites for hydroxylation is 6. The molecule has 456 valence electrons. The highest BCUT2D eigenvalue weighted by Gasteiger charge is 2.29. The van der Waals surface area contributed by atoms with Crippen LogP contribution in [0.15, 0.2) is 284 Å². The highest BCUT2D eigenvalue weighted by Crippen LogP contribution is 2.50. The van der Waals surface area contributed by atoms with Crippen molar-refractivity contribution in [3.63, 3.8) is 0 Å². The van der Waals surface area contributed by atoms with Gasteiger partial charge in [-0.15, -0.1) is 6.42 Å². The predicted molar refractivity (Wildman–Crippen MR) is 400 cm³/mol. The molecule has 0 aromatic heterocycles. The van der Waals surface area contributed by atoms with Crippen LogP contribution >= 0.6 is 0 Å². The second-order valence-corrected chi connectivity index (χ2v) is 22.2. The molecule has 0 heteroatoms. The Morgan fingerprint density at radius 2 is 1.07 bits per heavy atom. The fraction of sp³-hybridized carbons (Fsp3) is 0.213. The Labute approximate surface area is 540 Å². The number of benzene rings is 8. The lowest BCUT2D eigenvalue weighted by atomic mass is 9.88. The Bertz CT molecular complexity index is 3840. The minimum Gasteiger partial charge on any atom is -0.115 e. The van der Waals surface area contributed by atoms with E-state index in [2.05, 4.69) is 319 Å². The van der Waals surface area contributed by atoms with Crippen molar-refractivity contribution in [1.29, 1.82) is 0 Å². The molecule has 0 atom stereocenters. The summed E-state index contributed by atoms with van der Waals surface area (Å²) in [6, 6.07) is 67.8. The number of allylic oxidation sites excluding steroid dienone is 18. The van der Waals surface area contributed by atoms with Crippen molar-refractivity contribution in [2.24, 2.45) is 0 Å². The van der Waals surface area contributed by atoms with Gasteiger partial charge in [0, 0.05) is 0 Å². The zero-order chi connectivity index (χ0) is 64.0. The third-order valence-electron chi connectivity index (χ3n) is 15.4. The van der Waals surface area contributed by atoms with E-state index in [-0.39, 0.29) is 7.43 Å². The topological polar surface area (TPSA) is 0 Å². The van der Waals surface area contributed by atoms with Crippen LogP contribution in [-0.4, -0.2) is 0 Å². The third-order valence-corrected chi connectivity index (χ3v) is 15.4. The van der Waals surface area contributed by atoms with Gasteiger partial charge in [0.1, 0.15) is 0 Å². The van der Waals surface area contributed by atoms with E-state index in [9.17, 15) is 0 Å². The van der Waals surface area contributed by atoms with Crippen molar-refractivity contribution >= 4 is 22.3 Å². The normalized spacial score (nSPS) is 13.2.